The van der Waals surface area contributed by atoms with Gasteiger partial charge in [0.05, 0.1) is 33.0 Å². The van der Waals surface area contributed by atoms with E-state index in [-0.39, 0.29) is 56.3 Å². The molecule has 0 amide bonds. The van der Waals surface area contributed by atoms with Crippen LogP contribution in [0.1, 0.15) is 37.4 Å². The third kappa shape index (κ3) is 3.53. The lowest BCUT2D eigenvalue weighted by Gasteiger charge is -2.23. The maximum Gasteiger partial charge on any atom is 0.416 e. The molecule has 5 nitrogen and oxygen atoms in total. The van der Waals surface area contributed by atoms with Gasteiger partial charge in [-0.15, -0.1) is 0 Å². The standard InChI is InChI=1S/C21H12F4N2O3S/c22-10-5-9(21(23,24)25)6-11(7-10)27-14-8-15(31-30)18(26)17-16(14)19(28)12-3-1-2-4-13(12)20(17)29/h1-8,27,30H,26H2. The molecular formula is C21H12F4N2O3S. The highest BCUT2D eigenvalue weighted by atomic mass is 32.2. The molecule has 158 valence electrons. The Hall–Kier alpha value is -3.37. The summed E-state index contributed by atoms with van der Waals surface area (Å²) < 4.78 is 62.6. The van der Waals surface area contributed by atoms with E-state index >= 15 is 0 Å². The molecule has 4 N–H and O–H groups in total. The quantitative estimate of drug-likeness (QED) is 0.217. The molecule has 1 aliphatic carbocycles. The van der Waals surface area contributed by atoms with Crippen LogP contribution in [0.5, 0.6) is 0 Å². The second-order valence-electron chi connectivity index (χ2n) is 6.73. The predicted octanol–water partition coefficient (Wildman–Crippen LogP) is 5.51. The number of anilines is 3. The number of hydrogen-bond donors (Lipinski definition) is 3. The molecule has 0 saturated heterocycles. The summed E-state index contributed by atoms with van der Waals surface area (Å²) in [4.78, 5) is 26.2. The molecule has 4 rings (SSSR count). The number of benzene rings is 3. The van der Waals surface area contributed by atoms with Crippen molar-refractivity contribution in [3.05, 3.63) is 82.2 Å². The summed E-state index contributed by atoms with van der Waals surface area (Å²) in [6.07, 6.45) is -4.80. The number of ketones is 2. The Morgan fingerprint density at radius 2 is 1.55 bits per heavy atom. The van der Waals surface area contributed by atoms with Crippen molar-refractivity contribution in [3.63, 3.8) is 0 Å². The highest BCUT2D eigenvalue weighted by molar-refractivity contribution is 7.94. The maximum atomic E-state index is 13.8. The second kappa shape index (κ2) is 7.40. The Balaban J connectivity index is 1.92. The number of carbonyl (C=O) groups excluding carboxylic acids is 2. The van der Waals surface area contributed by atoms with Crippen LogP contribution in [0.4, 0.5) is 34.6 Å². The average Bonchev–Trinajstić information content (AvgIpc) is 2.72. The van der Waals surface area contributed by atoms with Crippen LogP contribution >= 0.6 is 12.0 Å². The molecule has 0 aromatic heterocycles. The molecule has 0 unspecified atom stereocenters. The number of rotatable bonds is 3. The molecule has 0 saturated carbocycles. The molecule has 0 atom stereocenters. The van der Waals surface area contributed by atoms with E-state index < -0.39 is 29.1 Å². The van der Waals surface area contributed by atoms with Crippen molar-refractivity contribution in [1.29, 1.82) is 0 Å². The van der Waals surface area contributed by atoms with Crippen molar-refractivity contribution in [3.8, 4) is 0 Å². The van der Waals surface area contributed by atoms with Crippen LogP contribution in [0.2, 0.25) is 0 Å². The van der Waals surface area contributed by atoms with E-state index in [0.29, 0.717) is 12.1 Å². The number of nitrogen functional groups attached to an aromatic ring is 1. The van der Waals surface area contributed by atoms with Crippen molar-refractivity contribution >= 4 is 40.7 Å². The van der Waals surface area contributed by atoms with Gasteiger partial charge in [-0.2, -0.15) is 13.2 Å². The van der Waals surface area contributed by atoms with Gasteiger partial charge in [0, 0.05) is 28.9 Å². The first-order chi connectivity index (χ1) is 14.6. The molecule has 0 aliphatic heterocycles. The van der Waals surface area contributed by atoms with E-state index in [1.54, 1.807) is 12.1 Å². The number of nitrogens with one attached hydrogen (secondary N) is 1. The van der Waals surface area contributed by atoms with Gasteiger partial charge in [-0.05, 0) is 24.3 Å². The zero-order valence-corrected chi connectivity index (χ0v) is 16.2. The summed E-state index contributed by atoms with van der Waals surface area (Å²) in [5.41, 5.74) is 4.10. The molecule has 0 bridgehead atoms. The van der Waals surface area contributed by atoms with Gasteiger partial charge >= 0.3 is 6.18 Å². The number of halogens is 4. The van der Waals surface area contributed by atoms with Gasteiger partial charge in [-0.1, -0.05) is 24.3 Å². The summed E-state index contributed by atoms with van der Waals surface area (Å²) >= 11 is 0.205. The van der Waals surface area contributed by atoms with Gasteiger partial charge in [0.1, 0.15) is 5.82 Å². The van der Waals surface area contributed by atoms with E-state index in [1.807, 2.05) is 0 Å². The lowest BCUT2D eigenvalue weighted by atomic mass is 9.82. The SMILES string of the molecule is Nc1c(SO)cc(Nc2cc(F)cc(C(F)(F)F)c2)c2c1C(=O)c1ccccc1C2=O. The topological polar surface area (TPSA) is 92.4 Å². The van der Waals surface area contributed by atoms with Crippen LogP contribution < -0.4 is 11.1 Å². The largest absolute Gasteiger partial charge is 0.416 e. The summed E-state index contributed by atoms with van der Waals surface area (Å²) in [6.45, 7) is 0. The Bertz CT molecular complexity index is 1260. The first kappa shape index (κ1) is 20.9. The molecule has 0 radical (unpaired) electrons. The van der Waals surface area contributed by atoms with Crippen LogP contribution in [0.3, 0.4) is 0 Å². The Morgan fingerprint density at radius 3 is 2.13 bits per heavy atom. The van der Waals surface area contributed by atoms with Gasteiger partial charge in [0.15, 0.2) is 11.6 Å². The van der Waals surface area contributed by atoms with Crippen LogP contribution in [0.25, 0.3) is 0 Å². The minimum Gasteiger partial charge on any atom is -0.397 e. The van der Waals surface area contributed by atoms with Crippen molar-refractivity contribution in [2.45, 2.75) is 11.1 Å². The molecule has 31 heavy (non-hydrogen) atoms. The van der Waals surface area contributed by atoms with Crippen molar-refractivity contribution in [2.24, 2.45) is 0 Å². The molecule has 3 aromatic rings. The molecule has 1 aliphatic rings. The lowest BCUT2D eigenvalue weighted by Crippen LogP contribution is -2.24. The fourth-order valence-corrected chi connectivity index (χ4v) is 3.82. The number of alkyl halides is 3. The molecule has 0 heterocycles. The smallest absolute Gasteiger partial charge is 0.397 e. The summed E-state index contributed by atoms with van der Waals surface area (Å²) in [5, 5.41) is 2.58. The van der Waals surface area contributed by atoms with E-state index in [4.69, 9.17) is 5.73 Å². The van der Waals surface area contributed by atoms with Crippen molar-refractivity contribution < 1.29 is 31.7 Å². The van der Waals surface area contributed by atoms with Crippen LogP contribution in [-0.4, -0.2) is 16.1 Å². The monoisotopic (exact) mass is 448 g/mol. The molecule has 0 spiro atoms. The first-order valence-corrected chi connectivity index (χ1v) is 9.50. The van der Waals surface area contributed by atoms with E-state index in [0.717, 1.165) is 6.07 Å². The van der Waals surface area contributed by atoms with Crippen LogP contribution in [0.15, 0.2) is 53.4 Å². The zero-order chi connectivity index (χ0) is 22.5. The average molecular weight is 448 g/mol. The fourth-order valence-electron chi connectivity index (χ4n) is 3.45. The Labute approximate surface area is 177 Å². The zero-order valence-electron chi connectivity index (χ0n) is 15.4. The van der Waals surface area contributed by atoms with E-state index in [2.05, 4.69) is 5.32 Å². The van der Waals surface area contributed by atoms with Crippen LogP contribution in [0, 0.1) is 5.82 Å². The second-order valence-corrected chi connectivity index (χ2v) is 7.35. The number of fused-ring (bicyclic) bond motifs is 2. The number of carbonyl (C=O) groups is 2. The molecule has 0 fully saturated rings. The maximum absolute atomic E-state index is 13.8. The van der Waals surface area contributed by atoms with Gasteiger partial charge < -0.3 is 15.6 Å². The van der Waals surface area contributed by atoms with Gasteiger partial charge in [0.25, 0.3) is 0 Å². The highest BCUT2D eigenvalue weighted by Gasteiger charge is 2.35. The Morgan fingerprint density at radius 1 is 0.935 bits per heavy atom. The number of hydrogen-bond acceptors (Lipinski definition) is 6. The minimum atomic E-state index is -4.80. The molecular weight excluding hydrogens is 436 g/mol. The summed E-state index contributed by atoms with van der Waals surface area (Å²) in [7, 11) is 0. The van der Waals surface area contributed by atoms with E-state index in [9.17, 15) is 31.7 Å². The number of nitrogens with two attached hydrogens (primary N) is 1. The minimum absolute atomic E-state index is 0.00855. The Kier molecular flexibility index (Phi) is 4.98. The third-order valence-corrected chi connectivity index (χ3v) is 5.34. The first-order valence-electron chi connectivity index (χ1n) is 8.73. The normalized spacial score (nSPS) is 13.1. The fraction of sp³-hybridized carbons (Fsp3) is 0.0476. The summed E-state index contributed by atoms with van der Waals surface area (Å²) in [6, 6.07) is 9.06. The highest BCUT2D eigenvalue weighted by Crippen LogP contribution is 2.41. The van der Waals surface area contributed by atoms with Gasteiger partial charge in [0.2, 0.25) is 0 Å². The van der Waals surface area contributed by atoms with Crippen molar-refractivity contribution in [1.82, 2.24) is 0 Å². The van der Waals surface area contributed by atoms with Crippen LogP contribution in [-0.2, 0) is 6.18 Å². The summed E-state index contributed by atoms with van der Waals surface area (Å²) in [5.74, 6) is -2.30. The molecule has 3 aromatic carbocycles. The predicted molar refractivity (Wildman–Crippen MR) is 107 cm³/mol. The van der Waals surface area contributed by atoms with Crippen molar-refractivity contribution in [2.75, 3.05) is 11.1 Å². The third-order valence-electron chi connectivity index (χ3n) is 4.80. The van der Waals surface area contributed by atoms with Gasteiger partial charge in [-0.25, -0.2) is 4.39 Å². The molecule has 10 heteroatoms. The van der Waals surface area contributed by atoms with Gasteiger partial charge in [-0.3, -0.25) is 9.59 Å². The lowest BCUT2D eigenvalue weighted by molar-refractivity contribution is -0.137. The van der Waals surface area contributed by atoms with E-state index in [1.165, 1.54) is 18.2 Å².